The van der Waals surface area contributed by atoms with Gasteiger partial charge in [0, 0.05) is 20.4 Å². The third-order valence-electron chi connectivity index (χ3n) is 5.78. The topological polar surface area (TPSA) is 157 Å². The Bertz CT molecular complexity index is 1480. The molecule has 1 unspecified atom stereocenters. The fourth-order valence-corrected chi connectivity index (χ4v) is 4.98. The maximum atomic E-state index is 13.6. The van der Waals surface area contributed by atoms with Crippen LogP contribution in [0.1, 0.15) is 18.7 Å². The van der Waals surface area contributed by atoms with Crippen LogP contribution >= 0.6 is 0 Å². The van der Waals surface area contributed by atoms with Crippen LogP contribution in [0.15, 0.2) is 42.9 Å². The van der Waals surface area contributed by atoms with Crippen molar-refractivity contribution in [3.63, 3.8) is 0 Å². The van der Waals surface area contributed by atoms with Gasteiger partial charge in [-0.15, -0.1) is 10.2 Å². The Morgan fingerprint density at radius 1 is 0.947 bits per heavy atom. The molecule has 0 radical (unpaired) electrons. The van der Waals surface area contributed by atoms with Crippen molar-refractivity contribution in [2.24, 2.45) is 7.05 Å². The summed E-state index contributed by atoms with van der Waals surface area (Å²) in [5.41, 5.74) is 1.15. The van der Waals surface area contributed by atoms with Gasteiger partial charge in [-0.2, -0.15) is 5.10 Å². The van der Waals surface area contributed by atoms with Gasteiger partial charge in [0.15, 0.2) is 5.82 Å². The minimum absolute atomic E-state index is 0.101. The number of aromatic nitrogens is 7. The quantitative estimate of drug-likeness (QED) is 0.294. The predicted octanol–water partition coefficient (Wildman–Crippen LogP) is 2.00. The van der Waals surface area contributed by atoms with Gasteiger partial charge in [-0.1, -0.05) is 6.07 Å². The Morgan fingerprint density at radius 3 is 2.18 bits per heavy atom. The van der Waals surface area contributed by atoms with Crippen LogP contribution in [0.25, 0.3) is 17.2 Å². The molecule has 0 fully saturated rings. The summed E-state index contributed by atoms with van der Waals surface area (Å²) in [7, 11) is 3.47. The van der Waals surface area contributed by atoms with E-state index in [9.17, 15) is 8.42 Å². The highest BCUT2D eigenvalue weighted by Gasteiger charge is 2.34. The van der Waals surface area contributed by atoms with Crippen LogP contribution in [0.4, 0.5) is 5.95 Å². The number of nitrogens with zero attached hydrogens (tertiary/aromatic N) is 7. The fourth-order valence-electron chi connectivity index (χ4n) is 3.83. The average molecular weight is 545 g/mol. The number of hydrogen-bond acceptors (Lipinski definition) is 11. The summed E-state index contributed by atoms with van der Waals surface area (Å²) in [5, 5.41) is 11.7. The molecule has 15 heteroatoms. The number of sulfonamides is 1. The summed E-state index contributed by atoms with van der Waals surface area (Å²) in [6.45, 7) is 1.49. The summed E-state index contributed by atoms with van der Waals surface area (Å²) < 4.78 is 54.5. The van der Waals surface area contributed by atoms with E-state index < -0.39 is 21.4 Å². The largest absolute Gasteiger partial charge is 0.494 e. The van der Waals surface area contributed by atoms with Crippen LogP contribution in [0, 0.1) is 0 Å². The van der Waals surface area contributed by atoms with E-state index in [0.29, 0.717) is 28.6 Å². The van der Waals surface area contributed by atoms with Gasteiger partial charge in [0.05, 0.1) is 39.4 Å². The van der Waals surface area contributed by atoms with Gasteiger partial charge in [0.1, 0.15) is 34.2 Å². The number of para-hydroxylation sites is 1. The molecule has 0 amide bonds. The van der Waals surface area contributed by atoms with Crippen LogP contribution in [0.5, 0.6) is 17.4 Å². The van der Waals surface area contributed by atoms with Crippen molar-refractivity contribution < 1.29 is 27.4 Å². The lowest BCUT2D eigenvalue weighted by Crippen LogP contribution is -2.33. The van der Waals surface area contributed by atoms with Crippen molar-refractivity contribution >= 4 is 16.0 Å². The lowest BCUT2D eigenvalue weighted by atomic mass is 10.2. The molecule has 0 aliphatic carbocycles. The highest BCUT2D eigenvalue weighted by Crippen LogP contribution is 2.37. The SMILES string of the molecule is COc1cnc([C@@H](OC)C(C)S(=O)(=O)Nc2nnc(-c3ccn(C)n3)n2-c2c(OC)cccc2OC)cn1. The van der Waals surface area contributed by atoms with E-state index in [2.05, 4.69) is 30.0 Å². The number of nitrogens with one attached hydrogen (secondary N) is 1. The molecule has 0 aliphatic rings. The molecule has 1 N–H and O–H groups in total. The minimum Gasteiger partial charge on any atom is -0.494 e. The van der Waals surface area contributed by atoms with Crippen LogP contribution in [0.2, 0.25) is 0 Å². The van der Waals surface area contributed by atoms with Crippen molar-refractivity contribution in [3.8, 4) is 34.6 Å². The van der Waals surface area contributed by atoms with Crippen LogP contribution in [-0.4, -0.2) is 76.6 Å². The van der Waals surface area contributed by atoms with Gasteiger partial charge < -0.3 is 18.9 Å². The van der Waals surface area contributed by atoms with Gasteiger partial charge in [-0.05, 0) is 25.1 Å². The summed E-state index contributed by atoms with van der Waals surface area (Å²) in [6, 6.07) is 6.90. The molecule has 2 atom stereocenters. The lowest BCUT2D eigenvalue weighted by Gasteiger charge is -2.23. The number of aryl methyl sites for hydroxylation is 1. The highest BCUT2D eigenvalue weighted by molar-refractivity contribution is 7.93. The minimum atomic E-state index is -4.13. The summed E-state index contributed by atoms with van der Waals surface area (Å²) in [5.74, 6) is 1.26. The van der Waals surface area contributed by atoms with Crippen molar-refractivity contribution in [2.45, 2.75) is 18.3 Å². The monoisotopic (exact) mass is 544 g/mol. The first-order valence-electron chi connectivity index (χ1n) is 11.3. The number of ether oxygens (including phenoxy) is 4. The first kappa shape index (κ1) is 26.8. The summed E-state index contributed by atoms with van der Waals surface area (Å²) in [6.07, 6.45) is 3.58. The molecule has 202 valence electrons. The normalized spacial score (nSPS) is 13.1. The molecule has 0 spiro atoms. The zero-order valence-electron chi connectivity index (χ0n) is 21.7. The van der Waals surface area contributed by atoms with E-state index in [1.807, 2.05) is 0 Å². The highest BCUT2D eigenvalue weighted by atomic mass is 32.2. The number of anilines is 1. The Labute approximate surface area is 219 Å². The molecule has 0 saturated carbocycles. The van der Waals surface area contributed by atoms with E-state index in [-0.39, 0.29) is 17.7 Å². The summed E-state index contributed by atoms with van der Waals surface area (Å²) in [4.78, 5) is 8.34. The second-order valence-electron chi connectivity index (χ2n) is 8.06. The van der Waals surface area contributed by atoms with Crippen LogP contribution < -0.4 is 18.9 Å². The Balaban J connectivity index is 1.80. The van der Waals surface area contributed by atoms with E-state index in [1.54, 1.807) is 42.2 Å². The third-order valence-corrected chi connectivity index (χ3v) is 7.48. The van der Waals surface area contributed by atoms with Crippen LogP contribution in [-0.2, 0) is 21.8 Å². The number of hydrogen-bond donors (Lipinski definition) is 1. The standard InChI is InChI=1S/C23H28N8O6S/c1-14(21(37-6)16-12-25-19(36-5)13-24-16)38(32,33)29-23-27-26-22(15-10-11-30(2)28-15)31(23)20-17(34-3)8-7-9-18(20)35-4/h7-14,21H,1-6H3,(H,27,29)/t14?,21-/m0/s1. The number of methoxy groups -OCH3 is 4. The smallest absolute Gasteiger partial charge is 0.243 e. The zero-order valence-corrected chi connectivity index (χ0v) is 22.5. The maximum Gasteiger partial charge on any atom is 0.243 e. The molecular weight excluding hydrogens is 516 g/mol. The second-order valence-corrected chi connectivity index (χ2v) is 10.1. The molecule has 3 heterocycles. The van der Waals surface area contributed by atoms with Crippen molar-refractivity contribution in [1.29, 1.82) is 0 Å². The van der Waals surface area contributed by atoms with Crippen LogP contribution in [0.3, 0.4) is 0 Å². The first-order chi connectivity index (χ1) is 18.2. The Morgan fingerprint density at radius 2 is 1.66 bits per heavy atom. The van der Waals surface area contributed by atoms with Crippen molar-refractivity contribution in [3.05, 3.63) is 48.5 Å². The van der Waals surface area contributed by atoms with Crippen molar-refractivity contribution in [1.82, 2.24) is 34.5 Å². The number of benzene rings is 1. The Kier molecular flexibility index (Phi) is 7.78. The Hall–Kier alpha value is -4.24. The molecule has 14 nitrogen and oxygen atoms in total. The molecule has 1 aromatic carbocycles. The maximum absolute atomic E-state index is 13.6. The molecule has 38 heavy (non-hydrogen) atoms. The number of rotatable bonds is 11. The van der Waals surface area contributed by atoms with E-state index in [4.69, 9.17) is 18.9 Å². The van der Waals surface area contributed by atoms with Gasteiger partial charge >= 0.3 is 0 Å². The van der Waals surface area contributed by atoms with E-state index in [1.165, 1.54) is 52.3 Å². The molecule has 0 aliphatic heterocycles. The molecule has 3 aromatic heterocycles. The van der Waals surface area contributed by atoms with Gasteiger partial charge in [-0.3, -0.25) is 19.0 Å². The first-order valence-corrected chi connectivity index (χ1v) is 12.9. The van der Waals surface area contributed by atoms with E-state index in [0.717, 1.165) is 0 Å². The predicted molar refractivity (Wildman–Crippen MR) is 137 cm³/mol. The second kappa shape index (κ2) is 11.0. The molecule has 4 rings (SSSR count). The molecular formula is C23H28N8O6S. The van der Waals surface area contributed by atoms with Gasteiger partial charge in [0.2, 0.25) is 21.9 Å². The molecule has 0 bridgehead atoms. The molecule has 0 saturated heterocycles. The zero-order chi connectivity index (χ0) is 27.4. The molecule has 4 aromatic rings. The average Bonchev–Trinajstić information content (AvgIpc) is 3.54. The summed E-state index contributed by atoms with van der Waals surface area (Å²) >= 11 is 0. The van der Waals surface area contributed by atoms with Crippen molar-refractivity contribution in [2.75, 3.05) is 33.2 Å². The lowest BCUT2D eigenvalue weighted by molar-refractivity contribution is 0.0984. The third kappa shape index (κ3) is 5.10. The van der Waals surface area contributed by atoms with E-state index >= 15 is 0 Å². The fraction of sp³-hybridized carbons (Fsp3) is 0.348. The van der Waals surface area contributed by atoms with Gasteiger partial charge in [0.25, 0.3) is 0 Å². The van der Waals surface area contributed by atoms with Gasteiger partial charge in [-0.25, -0.2) is 13.4 Å².